The molecule has 2 aromatic rings. The van der Waals surface area contributed by atoms with Crippen molar-refractivity contribution in [1.82, 2.24) is 4.90 Å². The van der Waals surface area contributed by atoms with Crippen LogP contribution in [-0.4, -0.2) is 30.6 Å². The molecule has 4 rings (SSSR count). The Kier molecular flexibility index (Phi) is 4.45. The SMILES string of the molecule is Cc1ccc(C(=O)CCN2CCc3cc4c(cc3C2C)OCO4)cc1C. The van der Waals surface area contributed by atoms with Gasteiger partial charge in [-0.1, -0.05) is 12.1 Å². The summed E-state index contributed by atoms with van der Waals surface area (Å²) >= 11 is 0. The second-order valence-corrected chi connectivity index (χ2v) is 7.34. The lowest BCUT2D eigenvalue weighted by molar-refractivity contribution is 0.0949. The van der Waals surface area contributed by atoms with Crippen molar-refractivity contribution >= 4 is 5.78 Å². The van der Waals surface area contributed by atoms with Gasteiger partial charge in [-0.25, -0.2) is 0 Å². The van der Waals surface area contributed by atoms with Crippen molar-refractivity contribution in [3.63, 3.8) is 0 Å². The first-order valence-corrected chi connectivity index (χ1v) is 9.30. The zero-order valence-corrected chi connectivity index (χ0v) is 15.7. The molecule has 26 heavy (non-hydrogen) atoms. The van der Waals surface area contributed by atoms with Crippen molar-refractivity contribution in [3.8, 4) is 11.5 Å². The van der Waals surface area contributed by atoms with Crippen LogP contribution in [0, 0.1) is 13.8 Å². The monoisotopic (exact) mass is 351 g/mol. The number of carbonyl (C=O) groups is 1. The summed E-state index contributed by atoms with van der Waals surface area (Å²) in [6, 6.07) is 10.5. The summed E-state index contributed by atoms with van der Waals surface area (Å²) < 4.78 is 11.0. The van der Waals surface area contributed by atoms with Crippen molar-refractivity contribution in [1.29, 1.82) is 0 Å². The quantitative estimate of drug-likeness (QED) is 0.773. The van der Waals surface area contributed by atoms with E-state index in [2.05, 4.69) is 37.8 Å². The van der Waals surface area contributed by atoms with Crippen LogP contribution in [0.4, 0.5) is 0 Å². The van der Waals surface area contributed by atoms with Gasteiger partial charge in [-0.15, -0.1) is 0 Å². The fraction of sp³-hybridized carbons (Fsp3) is 0.409. The van der Waals surface area contributed by atoms with Gasteiger partial charge in [0.05, 0.1) is 0 Å². The minimum Gasteiger partial charge on any atom is -0.454 e. The van der Waals surface area contributed by atoms with Crippen molar-refractivity contribution in [2.24, 2.45) is 0 Å². The van der Waals surface area contributed by atoms with Gasteiger partial charge in [-0.3, -0.25) is 9.69 Å². The van der Waals surface area contributed by atoms with Crippen molar-refractivity contribution in [2.45, 2.75) is 39.7 Å². The van der Waals surface area contributed by atoms with E-state index >= 15 is 0 Å². The van der Waals surface area contributed by atoms with Crippen LogP contribution in [0.15, 0.2) is 30.3 Å². The van der Waals surface area contributed by atoms with Gasteiger partial charge in [0.1, 0.15) is 0 Å². The molecule has 2 aromatic carbocycles. The maximum atomic E-state index is 12.6. The van der Waals surface area contributed by atoms with Gasteiger partial charge in [0.2, 0.25) is 6.79 Å². The number of aryl methyl sites for hydroxylation is 2. The first-order chi connectivity index (χ1) is 12.5. The van der Waals surface area contributed by atoms with E-state index in [1.807, 2.05) is 18.2 Å². The fourth-order valence-corrected chi connectivity index (χ4v) is 3.87. The largest absolute Gasteiger partial charge is 0.454 e. The Labute approximate surface area is 154 Å². The van der Waals surface area contributed by atoms with E-state index in [-0.39, 0.29) is 11.8 Å². The molecule has 2 aliphatic rings. The maximum absolute atomic E-state index is 12.6. The van der Waals surface area contributed by atoms with Gasteiger partial charge in [0.15, 0.2) is 17.3 Å². The summed E-state index contributed by atoms with van der Waals surface area (Å²) in [7, 11) is 0. The standard InChI is InChI=1S/C22H25NO3/c1-14-4-5-18(10-15(14)2)20(24)7-9-23-8-6-17-11-21-22(26-13-25-21)12-19(17)16(23)3/h4-5,10-12,16H,6-9,13H2,1-3H3. The molecule has 1 atom stereocenters. The summed E-state index contributed by atoms with van der Waals surface area (Å²) in [5.74, 6) is 1.91. The van der Waals surface area contributed by atoms with E-state index in [1.165, 1.54) is 22.3 Å². The minimum atomic E-state index is 0.219. The highest BCUT2D eigenvalue weighted by atomic mass is 16.7. The molecule has 0 saturated heterocycles. The predicted molar refractivity (Wildman–Crippen MR) is 101 cm³/mol. The number of nitrogens with zero attached hydrogens (tertiary/aromatic N) is 1. The highest BCUT2D eigenvalue weighted by Crippen LogP contribution is 2.40. The molecule has 2 aliphatic heterocycles. The average Bonchev–Trinajstić information content (AvgIpc) is 3.09. The Balaban J connectivity index is 1.44. The van der Waals surface area contributed by atoms with E-state index in [9.17, 15) is 4.79 Å². The number of carbonyl (C=O) groups excluding carboxylic acids is 1. The molecule has 0 aromatic heterocycles. The zero-order chi connectivity index (χ0) is 18.3. The number of fused-ring (bicyclic) bond motifs is 2. The number of ether oxygens (including phenoxy) is 2. The minimum absolute atomic E-state index is 0.219. The molecule has 136 valence electrons. The third-order valence-corrected chi connectivity index (χ3v) is 5.76. The number of benzene rings is 2. The third kappa shape index (κ3) is 3.10. The van der Waals surface area contributed by atoms with Gasteiger partial charge in [0, 0.05) is 31.1 Å². The smallest absolute Gasteiger partial charge is 0.231 e. The number of Topliss-reactive ketones (excluding diaryl/α,β-unsaturated/α-hetero) is 1. The first-order valence-electron chi connectivity index (χ1n) is 9.30. The molecule has 0 bridgehead atoms. The molecule has 0 spiro atoms. The fourth-order valence-electron chi connectivity index (χ4n) is 3.87. The van der Waals surface area contributed by atoms with Crippen molar-refractivity contribution < 1.29 is 14.3 Å². The normalized spacial score (nSPS) is 18.7. The van der Waals surface area contributed by atoms with Crippen molar-refractivity contribution in [2.75, 3.05) is 19.9 Å². The van der Waals surface area contributed by atoms with E-state index < -0.39 is 0 Å². The van der Waals surface area contributed by atoms with Crippen LogP contribution in [0.2, 0.25) is 0 Å². The Hall–Kier alpha value is -2.33. The van der Waals surface area contributed by atoms with Gasteiger partial charge >= 0.3 is 0 Å². The predicted octanol–water partition coefficient (Wildman–Crippen LogP) is 4.22. The van der Waals surface area contributed by atoms with Gasteiger partial charge in [-0.05, 0) is 67.6 Å². The zero-order valence-electron chi connectivity index (χ0n) is 15.7. The van der Waals surface area contributed by atoms with Crippen LogP contribution in [0.1, 0.15) is 52.0 Å². The summed E-state index contributed by atoms with van der Waals surface area (Å²) in [6.07, 6.45) is 1.53. The lowest BCUT2D eigenvalue weighted by Crippen LogP contribution is -2.35. The lowest BCUT2D eigenvalue weighted by Gasteiger charge is -2.35. The summed E-state index contributed by atoms with van der Waals surface area (Å²) in [6.45, 7) is 8.39. The van der Waals surface area contributed by atoms with Gasteiger partial charge in [0.25, 0.3) is 0 Å². The van der Waals surface area contributed by atoms with Crippen LogP contribution in [0.25, 0.3) is 0 Å². The summed E-state index contributed by atoms with van der Waals surface area (Å²) in [5, 5.41) is 0. The van der Waals surface area contributed by atoms with Crippen molar-refractivity contribution in [3.05, 3.63) is 58.1 Å². The highest BCUT2D eigenvalue weighted by molar-refractivity contribution is 5.96. The van der Waals surface area contributed by atoms with Crippen LogP contribution >= 0.6 is 0 Å². The average molecular weight is 351 g/mol. The molecule has 0 fully saturated rings. The molecule has 4 heteroatoms. The maximum Gasteiger partial charge on any atom is 0.231 e. The van der Waals surface area contributed by atoms with Gasteiger partial charge in [-0.2, -0.15) is 0 Å². The Bertz CT molecular complexity index is 859. The number of rotatable bonds is 4. The second-order valence-electron chi connectivity index (χ2n) is 7.34. The molecule has 0 radical (unpaired) electrons. The van der Waals surface area contributed by atoms with E-state index in [0.29, 0.717) is 13.2 Å². The summed E-state index contributed by atoms with van der Waals surface area (Å²) in [5.41, 5.74) is 5.84. The van der Waals surface area contributed by atoms with Crippen LogP contribution in [0.3, 0.4) is 0 Å². The molecule has 1 unspecified atom stereocenters. The number of hydrogen-bond donors (Lipinski definition) is 0. The molecule has 0 aliphatic carbocycles. The second kappa shape index (κ2) is 6.76. The number of ketones is 1. The molecule has 2 heterocycles. The molecular weight excluding hydrogens is 326 g/mol. The summed E-state index contributed by atoms with van der Waals surface area (Å²) in [4.78, 5) is 15.0. The van der Waals surface area contributed by atoms with Crippen LogP contribution < -0.4 is 9.47 Å². The van der Waals surface area contributed by atoms with E-state index in [1.54, 1.807) is 0 Å². The molecule has 0 N–H and O–H groups in total. The number of hydrogen-bond acceptors (Lipinski definition) is 4. The van der Waals surface area contributed by atoms with E-state index in [4.69, 9.17) is 9.47 Å². The first kappa shape index (κ1) is 17.1. The lowest BCUT2D eigenvalue weighted by atomic mass is 9.92. The van der Waals surface area contributed by atoms with Crippen LogP contribution in [-0.2, 0) is 6.42 Å². The molecule has 0 saturated carbocycles. The highest BCUT2D eigenvalue weighted by Gasteiger charge is 2.27. The Morgan fingerprint density at radius 1 is 1.12 bits per heavy atom. The third-order valence-electron chi connectivity index (χ3n) is 5.76. The molecule has 0 amide bonds. The van der Waals surface area contributed by atoms with E-state index in [0.717, 1.165) is 36.6 Å². The molecular formula is C22H25NO3. The molecule has 4 nitrogen and oxygen atoms in total. The Morgan fingerprint density at radius 2 is 1.88 bits per heavy atom. The Morgan fingerprint density at radius 3 is 2.65 bits per heavy atom. The van der Waals surface area contributed by atoms with Crippen LogP contribution in [0.5, 0.6) is 11.5 Å². The van der Waals surface area contributed by atoms with Gasteiger partial charge < -0.3 is 9.47 Å². The topological polar surface area (TPSA) is 38.8 Å².